The van der Waals surface area contributed by atoms with Gasteiger partial charge in [0.05, 0.1) is 21.1 Å². The van der Waals surface area contributed by atoms with Gasteiger partial charge in [0.2, 0.25) is 6.34 Å². The van der Waals surface area contributed by atoms with Crippen LogP contribution in [0.3, 0.4) is 0 Å². The molecule has 0 spiro atoms. The van der Waals surface area contributed by atoms with Gasteiger partial charge in [0.25, 0.3) is 8.24 Å². The van der Waals surface area contributed by atoms with Gasteiger partial charge in [-0.1, -0.05) is 0 Å². The Kier molecular flexibility index (Phi) is 3.09. The van der Waals surface area contributed by atoms with E-state index in [-0.39, 0.29) is 0 Å². The first kappa shape index (κ1) is 9.69. The van der Waals surface area contributed by atoms with E-state index in [1.165, 1.54) is 0 Å². The molecule has 0 aliphatic heterocycles. The topological polar surface area (TPSA) is 6.25 Å². The third kappa shape index (κ3) is 3.66. The van der Waals surface area contributed by atoms with Crippen molar-refractivity contribution in [3.8, 4) is 0 Å². The highest BCUT2D eigenvalue weighted by molar-refractivity contribution is 6.74. The Morgan fingerprint density at radius 1 is 1.20 bits per heavy atom. The molecule has 0 aliphatic rings. The molecule has 0 aromatic rings. The van der Waals surface area contributed by atoms with Crippen molar-refractivity contribution in [3.05, 3.63) is 0 Å². The summed E-state index contributed by atoms with van der Waals surface area (Å²) in [5.74, 6) is 0. The van der Waals surface area contributed by atoms with Crippen LogP contribution in [0.5, 0.6) is 0 Å². The number of hydrogen-bond donors (Lipinski definition) is 0. The van der Waals surface area contributed by atoms with Crippen LogP contribution in [0, 0.1) is 0 Å². The van der Waals surface area contributed by atoms with Crippen molar-refractivity contribution in [1.29, 1.82) is 0 Å². The minimum atomic E-state index is -1.09. The highest BCUT2D eigenvalue weighted by atomic mass is 28.3. The summed E-state index contributed by atoms with van der Waals surface area (Å²) >= 11 is 0. The van der Waals surface area contributed by atoms with Crippen molar-refractivity contribution < 1.29 is 4.58 Å². The number of nitrogens with zero attached hydrogens (tertiary/aromatic N) is 2. The molecule has 3 heteroatoms. The van der Waals surface area contributed by atoms with E-state index in [1.54, 1.807) is 0 Å². The van der Waals surface area contributed by atoms with Gasteiger partial charge in [-0.05, 0) is 19.6 Å². The highest BCUT2D eigenvalue weighted by Gasteiger charge is 2.24. The zero-order valence-electron chi connectivity index (χ0n) is 7.97. The van der Waals surface area contributed by atoms with Gasteiger partial charge in [-0.15, -0.1) is 0 Å². The lowest BCUT2D eigenvalue weighted by Gasteiger charge is -2.20. The zero-order chi connectivity index (χ0) is 8.36. The molecule has 0 aromatic heterocycles. The first-order valence-corrected chi connectivity index (χ1v) is 7.03. The van der Waals surface area contributed by atoms with E-state index < -0.39 is 8.24 Å². The van der Waals surface area contributed by atoms with Crippen LogP contribution < -0.4 is 0 Å². The molecule has 0 N–H and O–H groups in total. The first-order valence-electron chi connectivity index (χ1n) is 3.58. The van der Waals surface area contributed by atoms with E-state index in [0.29, 0.717) is 0 Å². The summed E-state index contributed by atoms with van der Waals surface area (Å²) in [5.41, 5.74) is 0. The Bertz CT molecular complexity index is 131. The predicted molar refractivity (Wildman–Crippen MR) is 49.3 cm³/mol. The van der Waals surface area contributed by atoms with Crippen molar-refractivity contribution in [3.63, 3.8) is 0 Å². The highest BCUT2D eigenvalue weighted by Crippen LogP contribution is 2.02. The summed E-state index contributed by atoms with van der Waals surface area (Å²) in [6.45, 7) is 6.98. The average Bonchev–Trinajstić information content (AvgIpc) is 1.60. The smallest absolute Gasteiger partial charge is 0.250 e. The predicted octanol–water partition coefficient (Wildman–Crippen LogP) is 1.05. The van der Waals surface area contributed by atoms with Crippen LogP contribution in [0.2, 0.25) is 19.6 Å². The fourth-order valence-corrected chi connectivity index (χ4v) is 1.10. The van der Waals surface area contributed by atoms with Crippen molar-refractivity contribution in [2.75, 3.05) is 21.1 Å². The largest absolute Gasteiger partial charge is 0.320 e. The monoisotopic (exact) mass is 159 g/mol. The minimum Gasteiger partial charge on any atom is -0.320 e. The van der Waals surface area contributed by atoms with Crippen LogP contribution in [0.25, 0.3) is 0 Å². The normalized spacial score (nSPS) is 11.0. The number of hydrogen-bond acceptors (Lipinski definition) is 0. The molecule has 0 aromatic carbocycles. The maximum absolute atomic E-state index is 2.33. The van der Waals surface area contributed by atoms with Gasteiger partial charge in [-0.3, -0.25) is 4.58 Å². The molecule has 0 rings (SSSR count). The molecule has 0 aliphatic carbocycles. The van der Waals surface area contributed by atoms with E-state index in [2.05, 4.69) is 56.3 Å². The van der Waals surface area contributed by atoms with Crippen molar-refractivity contribution in [1.82, 2.24) is 4.57 Å². The molecule has 0 atom stereocenters. The van der Waals surface area contributed by atoms with Gasteiger partial charge >= 0.3 is 0 Å². The molecular weight excluding hydrogens is 140 g/mol. The average molecular weight is 159 g/mol. The van der Waals surface area contributed by atoms with Gasteiger partial charge in [-0.2, -0.15) is 0 Å². The second-order valence-electron chi connectivity index (χ2n) is 3.86. The molecule has 0 saturated heterocycles. The Morgan fingerprint density at radius 2 is 1.60 bits per heavy atom. The summed E-state index contributed by atoms with van der Waals surface area (Å²) in [4.78, 5) is 0. The van der Waals surface area contributed by atoms with Crippen LogP contribution in [0.1, 0.15) is 0 Å². The molecule has 2 nitrogen and oxygen atoms in total. The molecule has 0 unspecified atom stereocenters. The Hall–Kier alpha value is -0.313. The SMILES string of the molecule is CN(C=[N+](C)C)[Si](C)(C)C. The summed E-state index contributed by atoms with van der Waals surface area (Å²) < 4.78 is 4.41. The lowest BCUT2D eigenvalue weighted by molar-refractivity contribution is -0.463. The summed E-state index contributed by atoms with van der Waals surface area (Å²) in [7, 11) is 5.16. The molecule has 0 heterocycles. The van der Waals surface area contributed by atoms with Gasteiger partial charge in [0, 0.05) is 0 Å². The van der Waals surface area contributed by atoms with E-state index in [0.717, 1.165) is 0 Å². The summed E-state index contributed by atoms with van der Waals surface area (Å²) in [6.07, 6.45) is 2.15. The third-order valence-corrected chi connectivity index (χ3v) is 3.69. The van der Waals surface area contributed by atoms with Crippen LogP contribution >= 0.6 is 0 Å². The maximum Gasteiger partial charge on any atom is 0.250 e. The second kappa shape index (κ2) is 3.19. The van der Waals surface area contributed by atoms with E-state index in [9.17, 15) is 0 Å². The van der Waals surface area contributed by atoms with Crippen molar-refractivity contribution >= 4 is 14.6 Å². The van der Waals surface area contributed by atoms with Crippen LogP contribution in [-0.2, 0) is 0 Å². The lowest BCUT2D eigenvalue weighted by Crippen LogP contribution is -2.43. The van der Waals surface area contributed by atoms with Gasteiger partial charge in [0.1, 0.15) is 0 Å². The Balaban J connectivity index is 4.11. The minimum absolute atomic E-state index is 1.09. The second-order valence-corrected chi connectivity index (χ2v) is 8.91. The Labute approximate surface area is 65.3 Å². The van der Waals surface area contributed by atoms with Gasteiger partial charge in [0.15, 0.2) is 0 Å². The van der Waals surface area contributed by atoms with E-state index in [1.807, 2.05) is 0 Å². The molecule has 0 saturated carbocycles. The first-order chi connectivity index (χ1) is 4.34. The van der Waals surface area contributed by atoms with E-state index in [4.69, 9.17) is 0 Å². The lowest BCUT2D eigenvalue weighted by atomic mass is 11.0. The van der Waals surface area contributed by atoms with Crippen molar-refractivity contribution in [2.45, 2.75) is 19.6 Å². The fourth-order valence-electron chi connectivity index (χ4n) is 0.520. The van der Waals surface area contributed by atoms with E-state index >= 15 is 0 Å². The van der Waals surface area contributed by atoms with Gasteiger partial charge in [-0.25, -0.2) is 0 Å². The molecule has 60 valence electrons. The zero-order valence-corrected chi connectivity index (χ0v) is 8.97. The fraction of sp³-hybridized carbons (Fsp3) is 0.857. The molecular formula is C7H19N2Si+. The summed E-state index contributed by atoms with van der Waals surface area (Å²) in [6, 6.07) is 0. The standard InChI is InChI=1S/C7H19N2Si/c1-8(2)7-9(3)10(4,5)6/h7H,1-6H3/q+1. The number of rotatable bonds is 2. The summed E-state index contributed by atoms with van der Waals surface area (Å²) in [5, 5.41) is 0. The Morgan fingerprint density at radius 3 is 1.70 bits per heavy atom. The van der Waals surface area contributed by atoms with Gasteiger partial charge < -0.3 is 4.57 Å². The molecule has 10 heavy (non-hydrogen) atoms. The third-order valence-electron chi connectivity index (χ3n) is 1.46. The molecule has 0 amide bonds. The van der Waals surface area contributed by atoms with Crippen LogP contribution in [-0.4, -0.2) is 44.9 Å². The maximum atomic E-state index is 2.33. The molecule has 0 fully saturated rings. The molecule has 0 radical (unpaired) electrons. The van der Waals surface area contributed by atoms with Crippen LogP contribution in [0.15, 0.2) is 0 Å². The van der Waals surface area contributed by atoms with Crippen molar-refractivity contribution in [2.24, 2.45) is 0 Å². The van der Waals surface area contributed by atoms with Crippen LogP contribution in [0.4, 0.5) is 0 Å². The quantitative estimate of drug-likeness (QED) is 0.253. The molecule has 0 bridgehead atoms.